The number of nitriles is 1. The van der Waals surface area contributed by atoms with E-state index in [1.807, 2.05) is 29.9 Å². The third kappa shape index (κ3) is 1.04. The summed E-state index contributed by atoms with van der Waals surface area (Å²) in [6.45, 7) is 0. The quantitative estimate of drug-likeness (QED) is 0.655. The second kappa shape index (κ2) is 2.53. The highest BCUT2D eigenvalue weighted by Gasteiger charge is 2.03. The number of nitrogen functional groups attached to an aromatic ring is 1. The minimum atomic E-state index is 0.661. The molecule has 0 radical (unpaired) electrons. The summed E-state index contributed by atoms with van der Waals surface area (Å²) in [6.07, 6.45) is 1.85. The number of benzene rings is 1. The van der Waals surface area contributed by atoms with E-state index in [9.17, 15) is 0 Å². The Bertz CT molecular complexity index is 503. The van der Waals surface area contributed by atoms with Crippen LogP contribution in [0.3, 0.4) is 0 Å². The van der Waals surface area contributed by atoms with Crippen LogP contribution in [-0.4, -0.2) is 4.57 Å². The van der Waals surface area contributed by atoms with Crippen molar-refractivity contribution in [3.63, 3.8) is 0 Å². The van der Waals surface area contributed by atoms with E-state index < -0.39 is 0 Å². The number of rotatable bonds is 0. The molecule has 13 heavy (non-hydrogen) atoms. The lowest BCUT2D eigenvalue weighted by Gasteiger charge is -1.95. The van der Waals surface area contributed by atoms with Crippen molar-refractivity contribution in [2.75, 3.05) is 5.73 Å². The second-order valence-electron chi connectivity index (χ2n) is 3.04. The molecule has 0 bridgehead atoms. The Morgan fingerprint density at radius 3 is 2.92 bits per heavy atom. The minimum Gasteiger partial charge on any atom is -0.397 e. The van der Waals surface area contributed by atoms with E-state index >= 15 is 0 Å². The van der Waals surface area contributed by atoms with Crippen molar-refractivity contribution < 1.29 is 0 Å². The van der Waals surface area contributed by atoms with Gasteiger partial charge in [-0.15, -0.1) is 0 Å². The SMILES string of the molecule is Cn1cc(N)c2ccc(C#N)cc21. The largest absolute Gasteiger partial charge is 0.397 e. The first kappa shape index (κ1) is 7.69. The van der Waals surface area contributed by atoms with Crippen molar-refractivity contribution in [1.29, 1.82) is 5.26 Å². The summed E-state index contributed by atoms with van der Waals surface area (Å²) < 4.78 is 1.92. The Kier molecular flexibility index (Phi) is 1.49. The van der Waals surface area contributed by atoms with Gasteiger partial charge < -0.3 is 10.3 Å². The van der Waals surface area contributed by atoms with Gasteiger partial charge in [-0.3, -0.25) is 0 Å². The highest BCUT2D eigenvalue weighted by atomic mass is 14.9. The summed E-state index contributed by atoms with van der Waals surface area (Å²) in [4.78, 5) is 0. The van der Waals surface area contributed by atoms with Crippen molar-refractivity contribution in [1.82, 2.24) is 4.57 Å². The third-order valence-corrected chi connectivity index (χ3v) is 2.15. The molecule has 0 spiro atoms. The van der Waals surface area contributed by atoms with Crippen molar-refractivity contribution in [2.24, 2.45) is 7.05 Å². The van der Waals surface area contributed by atoms with Gasteiger partial charge in [0.05, 0.1) is 22.8 Å². The molecule has 3 heteroatoms. The van der Waals surface area contributed by atoms with Crippen LogP contribution in [0.2, 0.25) is 0 Å². The lowest BCUT2D eigenvalue weighted by atomic mass is 10.2. The van der Waals surface area contributed by atoms with Crippen LogP contribution >= 0.6 is 0 Å². The minimum absolute atomic E-state index is 0.661. The van der Waals surface area contributed by atoms with Gasteiger partial charge in [-0.05, 0) is 18.2 Å². The zero-order valence-electron chi connectivity index (χ0n) is 7.28. The Balaban J connectivity index is 2.86. The van der Waals surface area contributed by atoms with Crippen LogP contribution in [0.4, 0.5) is 5.69 Å². The van der Waals surface area contributed by atoms with Gasteiger partial charge in [0.25, 0.3) is 0 Å². The first-order chi connectivity index (χ1) is 6.22. The smallest absolute Gasteiger partial charge is 0.0992 e. The van der Waals surface area contributed by atoms with Gasteiger partial charge in [0.1, 0.15) is 0 Å². The summed E-state index contributed by atoms with van der Waals surface area (Å²) in [7, 11) is 1.92. The van der Waals surface area contributed by atoms with Crippen LogP contribution in [0, 0.1) is 11.3 Å². The lowest BCUT2D eigenvalue weighted by molar-refractivity contribution is 0.970. The number of nitrogens with zero attached hydrogens (tertiary/aromatic N) is 2. The fourth-order valence-electron chi connectivity index (χ4n) is 1.48. The van der Waals surface area contributed by atoms with Crippen LogP contribution in [0.15, 0.2) is 24.4 Å². The number of hydrogen-bond acceptors (Lipinski definition) is 2. The zero-order chi connectivity index (χ0) is 9.42. The normalized spacial score (nSPS) is 10.2. The van der Waals surface area contributed by atoms with Gasteiger partial charge >= 0.3 is 0 Å². The predicted octanol–water partition coefficient (Wildman–Crippen LogP) is 1.63. The van der Waals surface area contributed by atoms with E-state index in [4.69, 9.17) is 11.0 Å². The molecule has 3 nitrogen and oxygen atoms in total. The van der Waals surface area contributed by atoms with Crippen LogP contribution in [0.5, 0.6) is 0 Å². The topological polar surface area (TPSA) is 54.7 Å². The summed E-state index contributed by atoms with van der Waals surface area (Å²) in [5.74, 6) is 0. The Morgan fingerprint density at radius 1 is 1.46 bits per heavy atom. The maximum atomic E-state index is 8.70. The molecule has 0 saturated heterocycles. The van der Waals surface area contributed by atoms with Gasteiger partial charge in [-0.2, -0.15) is 5.26 Å². The second-order valence-corrected chi connectivity index (χ2v) is 3.04. The molecule has 64 valence electrons. The Labute approximate surface area is 76.0 Å². The number of aryl methyl sites for hydroxylation is 1. The molecule has 2 N–H and O–H groups in total. The fraction of sp³-hybridized carbons (Fsp3) is 0.100. The van der Waals surface area contributed by atoms with E-state index in [-0.39, 0.29) is 0 Å². The molecule has 1 aromatic heterocycles. The molecule has 0 fully saturated rings. The molecule has 0 aliphatic rings. The fourth-order valence-corrected chi connectivity index (χ4v) is 1.48. The summed E-state index contributed by atoms with van der Waals surface area (Å²) in [5.41, 5.74) is 8.17. The number of fused-ring (bicyclic) bond motifs is 1. The van der Waals surface area contributed by atoms with Crippen molar-refractivity contribution >= 4 is 16.6 Å². The van der Waals surface area contributed by atoms with Gasteiger partial charge in [-0.25, -0.2) is 0 Å². The van der Waals surface area contributed by atoms with Crippen LogP contribution < -0.4 is 5.73 Å². The van der Waals surface area contributed by atoms with Gasteiger partial charge in [-0.1, -0.05) is 0 Å². The molecule has 0 atom stereocenters. The van der Waals surface area contributed by atoms with Crippen LogP contribution in [0.25, 0.3) is 10.9 Å². The molecular weight excluding hydrogens is 162 g/mol. The molecule has 0 amide bonds. The highest BCUT2D eigenvalue weighted by Crippen LogP contribution is 2.23. The average Bonchev–Trinajstić information content (AvgIpc) is 2.42. The molecule has 0 aliphatic heterocycles. The molecular formula is C10H9N3. The third-order valence-electron chi connectivity index (χ3n) is 2.15. The van der Waals surface area contributed by atoms with Crippen molar-refractivity contribution in [3.8, 4) is 6.07 Å². The molecule has 0 aliphatic carbocycles. The van der Waals surface area contributed by atoms with Crippen LogP contribution in [0.1, 0.15) is 5.56 Å². The number of aromatic nitrogens is 1. The first-order valence-corrected chi connectivity index (χ1v) is 3.97. The molecule has 0 saturated carbocycles. The number of hydrogen-bond donors (Lipinski definition) is 1. The molecule has 2 aromatic rings. The van der Waals surface area contributed by atoms with E-state index in [1.165, 1.54) is 0 Å². The first-order valence-electron chi connectivity index (χ1n) is 3.97. The zero-order valence-corrected chi connectivity index (χ0v) is 7.28. The average molecular weight is 171 g/mol. The van der Waals surface area contributed by atoms with E-state index in [0.29, 0.717) is 5.56 Å². The lowest BCUT2D eigenvalue weighted by Crippen LogP contribution is -1.84. The van der Waals surface area contributed by atoms with E-state index in [0.717, 1.165) is 16.6 Å². The van der Waals surface area contributed by atoms with E-state index in [2.05, 4.69) is 6.07 Å². The monoisotopic (exact) mass is 171 g/mol. The highest BCUT2D eigenvalue weighted by molar-refractivity contribution is 5.92. The number of anilines is 1. The molecule has 1 heterocycles. The van der Waals surface area contributed by atoms with Gasteiger partial charge in [0.15, 0.2) is 0 Å². The van der Waals surface area contributed by atoms with E-state index in [1.54, 1.807) is 6.07 Å². The molecule has 0 unspecified atom stereocenters. The Morgan fingerprint density at radius 2 is 2.23 bits per heavy atom. The predicted molar refractivity (Wildman–Crippen MR) is 52.0 cm³/mol. The molecule has 1 aromatic carbocycles. The maximum absolute atomic E-state index is 8.70. The standard InChI is InChI=1S/C10H9N3/c1-13-6-9(12)8-3-2-7(5-11)4-10(8)13/h2-4,6H,12H2,1H3. The van der Waals surface area contributed by atoms with Crippen molar-refractivity contribution in [3.05, 3.63) is 30.0 Å². The van der Waals surface area contributed by atoms with Gasteiger partial charge in [0.2, 0.25) is 0 Å². The maximum Gasteiger partial charge on any atom is 0.0992 e. The molecule has 2 rings (SSSR count). The van der Waals surface area contributed by atoms with Crippen LogP contribution in [-0.2, 0) is 7.05 Å². The number of nitrogens with two attached hydrogens (primary N) is 1. The summed E-state index contributed by atoms with van der Waals surface area (Å²) >= 11 is 0. The van der Waals surface area contributed by atoms with Crippen molar-refractivity contribution in [2.45, 2.75) is 0 Å². The summed E-state index contributed by atoms with van der Waals surface area (Å²) in [6, 6.07) is 7.60. The summed E-state index contributed by atoms with van der Waals surface area (Å²) in [5, 5.41) is 9.71. The Hall–Kier alpha value is -1.95. The van der Waals surface area contributed by atoms with Gasteiger partial charge in [0, 0.05) is 18.6 Å².